The van der Waals surface area contributed by atoms with Crippen molar-refractivity contribution in [2.45, 2.75) is 107 Å². The minimum atomic E-state index is -0.357. The molecule has 0 atom stereocenters. The summed E-state index contributed by atoms with van der Waals surface area (Å²) in [6.45, 7) is 17.9. The van der Waals surface area contributed by atoms with Gasteiger partial charge in [0.2, 0.25) is 0 Å². The van der Waals surface area contributed by atoms with Crippen LogP contribution in [0.4, 0.5) is 0 Å². The monoisotopic (exact) mass is 546 g/mol. The first-order chi connectivity index (χ1) is 19.1. The fraction of sp³-hybridized carbons (Fsp3) is 0.486. The molecule has 0 heterocycles. The first-order valence-corrected chi connectivity index (χ1v) is 14.9. The first-order valence-electron chi connectivity index (χ1n) is 14.9. The molecule has 1 rings (SSSR count). The predicted molar refractivity (Wildman–Crippen MR) is 173 cm³/mol. The van der Waals surface area contributed by atoms with Gasteiger partial charge in [0.05, 0.1) is 0 Å². The van der Waals surface area contributed by atoms with Crippen LogP contribution in [0.3, 0.4) is 0 Å². The van der Waals surface area contributed by atoms with Crippen LogP contribution < -0.4 is 4.74 Å². The van der Waals surface area contributed by atoms with Gasteiger partial charge >= 0.3 is 5.97 Å². The van der Waals surface area contributed by atoms with Crippen LogP contribution in [-0.4, -0.2) is 19.2 Å². The van der Waals surface area contributed by atoms with E-state index in [0.717, 1.165) is 51.4 Å². The third-order valence-corrected chi connectivity index (χ3v) is 6.67. The number of carbonyl (C=O) groups is 1. The molecule has 1 aromatic rings. The number of carbonyl (C=O) groups excluding carboxylic acids is 1. The highest BCUT2D eigenvalue weighted by atomic mass is 16.5. The van der Waals surface area contributed by atoms with Gasteiger partial charge in [0.25, 0.3) is 0 Å². The number of allylic oxidation sites excluding steroid dienone is 10. The van der Waals surface area contributed by atoms with Crippen LogP contribution in [0.2, 0.25) is 0 Å². The van der Waals surface area contributed by atoms with Crippen LogP contribution >= 0.6 is 0 Å². The number of rotatable bonds is 18. The second-order valence-electron chi connectivity index (χ2n) is 11.3. The van der Waals surface area contributed by atoms with Gasteiger partial charge in [-0.2, -0.15) is 0 Å². The summed E-state index contributed by atoms with van der Waals surface area (Å²) >= 11 is 0. The smallest absolute Gasteiger partial charge is 0.342 e. The van der Waals surface area contributed by atoms with Crippen LogP contribution in [0.5, 0.6) is 5.75 Å². The third kappa shape index (κ3) is 17.5. The van der Waals surface area contributed by atoms with Gasteiger partial charge in [0.1, 0.15) is 24.5 Å². The largest absolute Gasteiger partial charge is 0.489 e. The fourth-order valence-corrected chi connectivity index (χ4v) is 4.05. The number of ether oxygens (including phenoxy) is 2. The van der Waals surface area contributed by atoms with E-state index in [-0.39, 0.29) is 12.6 Å². The van der Waals surface area contributed by atoms with Gasteiger partial charge in [-0.3, -0.25) is 0 Å². The van der Waals surface area contributed by atoms with E-state index < -0.39 is 0 Å². The van der Waals surface area contributed by atoms with Gasteiger partial charge in [0.15, 0.2) is 0 Å². The highest BCUT2D eigenvalue weighted by Crippen LogP contribution is 2.20. The van der Waals surface area contributed by atoms with Crippen molar-refractivity contribution in [1.82, 2.24) is 0 Å². The summed E-state index contributed by atoms with van der Waals surface area (Å²) in [4.78, 5) is 12.7. The Labute approximate surface area is 245 Å². The van der Waals surface area contributed by atoms with Gasteiger partial charge in [-0.15, -0.1) is 0 Å². The molecule has 0 saturated carbocycles. The maximum absolute atomic E-state index is 12.7. The van der Waals surface area contributed by atoms with Gasteiger partial charge in [0, 0.05) is 0 Å². The number of benzene rings is 1. The zero-order valence-electron chi connectivity index (χ0n) is 26.6. The maximum Gasteiger partial charge on any atom is 0.342 e. The Morgan fingerprint density at radius 3 is 1.50 bits per heavy atom. The van der Waals surface area contributed by atoms with Crippen LogP contribution in [0, 0.1) is 0 Å². The van der Waals surface area contributed by atoms with Crippen molar-refractivity contribution in [2.24, 2.45) is 0 Å². The molecule has 0 spiro atoms. The number of esters is 1. The molecule has 1 aromatic carbocycles. The lowest BCUT2D eigenvalue weighted by molar-refractivity contribution is 0.0544. The Kier molecular flexibility index (Phi) is 18.2. The highest BCUT2D eigenvalue weighted by molar-refractivity contribution is 5.92. The van der Waals surface area contributed by atoms with Crippen molar-refractivity contribution in [3.05, 3.63) is 99.7 Å². The maximum atomic E-state index is 12.7. The lowest BCUT2D eigenvalue weighted by Crippen LogP contribution is -2.08. The van der Waals surface area contributed by atoms with Gasteiger partial charge in [-0.1, -0.05) is 69.9 Å². The van der Waals surface area contributed by atoms with Crippen LogP contribution in [0.1, 0.15) is 117 Å². The SMILES string of the molecule is CC(C)=CCCC(C)=CCCC(C)=CCOC(=O)c1ccccc1OCC=C(C)CCC=C(C)CCC=C(C)C. The van der Waals surface area contributed by atoms with Crippen LogP contribution in [0.25, 0.3) is 0 Å². The fourth-order valence-electron chi connectivity index (χ4n) is 4.05. The molecular weight excluding hydrogens is 492 g/mol. The van der Waals surface area contributed by atoms with Crippen LogP contribution in [0.15, 0.2) is 94.2 Å². The molecule has 3 heteroatoms. The van der Waals surface area contributed by atoms with Gasteiger partial charge in [-0.05, 0) is 131 Å². The molecule has 0 amide bonds. The van der Waals surface area contributed by atoms with Crippen LogP contribution in [-0.2, 0) is 4.74 Å². The quantitative estimate of drug-likeness (QED) is 0.136. The zero-order valence-corrected chi connectivity index (χ0v) is 26.6. The molecule has 0 bridgehead atoms. The van der Waals surface area contributed by atoms with E-state index in [9.17, 15) is 4.79 Å². The van der Waals surface area contributed by atoms with Crippen molar-refractivity contribution < 1.29 is 14.3 Å². The van der Waals surface area contributed by atoms with Crippen molar-refractivity contribution in [3.63, 3.8) is 0 Å². The Hall–Kier alpha value is -3.07. The minimum Gasteiger partial charge on any atom is -0.489 e. The molecular formula is C37H54O3. The Morgan fingerprint density at radius 2 is 1.00 bits per heavy atom. The summed E-state index contributed by atoms with van der Waals surface area (Å²) in [6.07, 6.45) is 21.8. The molecule has 0 unspecified atom stereocenters. The first kappa shape index (κ1) is 35.0. The second kappa shape index (κ2) is 20.8. The molecule has 0 saturated heterocycles. The standard InChI is InChI=1S/C37H54O3/c1-29(2)15-11-17-31(5)19-13-21-33(7)25-27-39-36-24-10-9-23-35(36)37(38)40-28-26-34(8)22-14-20-32(6)18-12-16-30(3)4/h9-10,15-16,19-20,23-26H,11-14,17-18,21-22,27-28H2,1-8H3. The summed E-state index contributed by atoms with van der Waals surface area (Å²) in [5, 5.41) is 0. The number of hydrogen-bond donors (Lipinski definition) is 0. The topological polar surface area (TPSA) is 35.5 Å². The molecule has 0 aliphatic rings. The molecule has 40 heavy (non-hydrogen) atoms. The van der Waals surface area contributed by atoms with E-state index in [0.29, 0.717) is 17.9 Å². The minimum absolute atomic E-state index is 0.266. The van der Waals surface area contributed by atoms with E-state index in [1.165, 1.54) is 33.4 Å². The van der Waals surface area contributed by atoms with Crippen molar-refractivity contribution >= 4 is 5.97 Å². The molecule has 0 aliphatic heterocycles. The van der Waals surface area contributed by atoms with Gasteiger partial charge in [-0.25, -0.2) is 4.79 Å². The molecule has 0 N–H and O–H groups in total. The van der Waals surface area contributed by atoms with Gasteiger partial charge < -0.3 is 9.47 Å². The number of hydrogen-bond acceptors (Lipinski definition) is 3. The average molecular weight is 547 g/mol. The van der Waals surface area contributed by atoms with E-state index in [2.05, 4.69) is 85.8 Å². The molecule has 0 aromatic heterocycles. The normalized spacial score (nSPS) is 12.7. The van der Waals surface area contributed by atoms with Crippen molar-refractivity contribution in [1.29, 1.82) is 0 Å². The summed E-state index contributed by atoms with van der Waals surface area (Å²) in [5.74, 6) is 0.199. The average Bonchev–Trinajstić information content (AvgIpc) is 2.88. The lowest BCUT2D eigenvalue weighted by atomic mass is 10.1. The van der Waals surface area contributed by atoms with E-state index in [4.69, 9.17) is 9.47 Å². The lowest BCUT2D eigenvalue weighted by Gasteiger charge is -2.10. The molecule has 0 aliphatic carbocycles. The molecule has 3 nitrogen and oxygen atoms in total. The molecule has 0 radical (unpaired) electrons. The molecule has 220 valence electrons. The summed E-state index contributed by atoms with van der Waals surface area (Å²) in [5.41, 5.74) is 8.59. The Bertz CT molecular complexity index is 1080. The second-order valence-corrected chi connectivity index (χ2v) is 11.3. The summed E-state index contributed by atoms with van der Waals surface area (Å²) < 4.78 is 11.5. The Morgan fingerprint density at radius 1 is 0.575 bits per heavy atom. The summed E-state index contributed by atoms with van der Waals surface area (Å²) in [6, 6.07) is 7.30. The van der Waals surface area contributed by atoms with E-state index >= 15 is 0 Å². The van der Waals surface area contributed by atoms with E-state index in [1.54, 1.807) is 6.07 Å². The van der Waals surface area contributed by atoms with E-state index in [1.807, 2.05) is 24.3 Å². The zero-order chi connectivity index (χ0) is 29.8. The molecule has 0 fully saturated rings. The van der Waals surface area contributed by atoms with Crippen molar-refractivity contribution in [3.8, 4) is 5.75 Å². The Balaban J connectivity index is 2.48. The summed E-state index contributed by atoms with van der Waals surface area (Å²) in [7, 11) is 0. The highest BCUT2D eigenvalue weighted by Gasteiger charge is 2.13. The number of para-hydroxylation sites is 1. The van der Waals surface area contributed by atoms with Crippen molar-refractivity contribution in [2.75, 3.05) is 13.2 Å². The third-order valence-electron chi connectivity index (χ3n) is 6.67. The predicted octanol–water partition coefficient (Wildman–Crippen LogP) is 11.1.